The molecular weight excluding hydrogens is 307 g/mol. The largest absolute Gasteiger partial charge is 0.497 e. The van der Waals surface area contributed by atoms with Gasteiger partial charge in [-0.3, -0.25) is 4.98 Å². The fourth-order valence-electron chi connectivity index (χ4n) is 2.08. The first-order valence-electron chi connectivity index (χ1n) is 6.70. The molecule has 3 aromatic rings. The molecule has 0 aliphatic heterocycles. The highest BCUT2D eigenvalue weighted by molar-refractivity contribution is 5.63. The van der Waals surface area contributed by atoms with Gasteiger partial charge in [0.05, 0.1) is 19.0 Å². The molecule has 2 heterocycles. The monoisotopic (exact) mass is 319 g/mol. The van der Waals surface area contributed by atoms with Gasteiger partial charge in [-0.1, -0.05) is 0 Å². The number of alkyl halides is 3. The number of aromatic nitrogens is 3. The van der Waals surface area contributed by atoms with Crippen molar-refractivity contribution in [2.75, 3.05) is 7.11 Å². The quantitative estimate of drug-likeness (QED) is 0.788. The van der Waals surface area contributed by atoms with Crippen LogP contribution in [-0.4, -0.2) is 22.1 Å². The van der Waals surface area contributed by atoms with Gasteiger partial charge in [-0.15, -0.1) is 0 Å². The van der Waals surface area contributed by atoms with Crippen molar-refractivity contribution >= 4 is 0 Å². The molecule has 23 heavy (non-hydrogen) atoms. The Morgan fingerprint density at radius 3 is 2.13 bits per heavy atom. The van der Waals surface area contributed by atoms with Crippen LogP contribution >= 0.6 is 0 Å². The molecule has 0 aliphatic rings. The van der Waals surface area contributed by atoms with E-state index in [9.17, 15) is 13.2 Å². The summed E-state index contributed by atoms with van der Waals surface area (Å²) in [7, 11) is 1.58. The number of imidazole rings is 1. The number of H-pyrrole nitrogens is 1. The zero-order chi connectivity index (χ0) is 16.4. The Hall–Kier alpha value is -2.83. The number of aromatic amines is 1. The second-order valence-corrected chi connectivity index (χ2v) is 4.80. The lowest BCUT2D eigenvalue weighted by Gasteiger charge is -2.04. The second-order valence-electron chi connectivity index (χ2n) is 4.80. The van der Waals surface area contributed by atoms with E-state index in [2.05, 4.69) is 15.0 Å². The van der Waals surface area contributed by atoms with Crippen LogP contribution in [0.15, 0.2) is 48.8 Å². The molecule has 0 amide bonds. The highest BCUT2D eigenvalue weighted by Gasteiger charge is 2.33. The van der Waals surface area contributed by atoms with Crippen LogP contribution in [0.5, 0.6) is 5.75 Å². The SMILES string of the molecule is COc1ccc(-c2ccc(-c3ncc(C(F)(F)F)[nH]3)cn2)cc1. The van der Waals surface area contributed by atoms with E-state index < -0.39 is 11.9 Å². The number of hydrogen-bond acceptors (Lipinski definition) is 3. The Bertz CT molecular complexity index is 793. The lowest BCUT2D eigenvalue weighted by Crippen LogP contribution is -2.04. The van der Waals surface area contributed by atoms with Crippen molar-refractivity contribution in [2.45, 2.75) is 6.18 Å². The van der Waals surface area contributed by atoms with Gasteiger partial charge in [0.25, 0.3) is 0 Å². The zero-order valence-corrected chi connectivity index (χ0v) is 12.1. The van der Waals surface area contributed by atoms with Crippen LogP contribution in [0.3, 0.4) is 0 Å². The Balaban J connectivity index is 1.85. The molecule has 0 saturated heterocycles. The molecule has 1 aromatic carbocycles. The molecule has 3 rings (SSSR count). The Morgan fingerprint density at radius 1 is 0.913 bits per heavy atom. The molecule has 118 valence electrons. The van der Waals surface area contributed by atoms with Crippen molar-refractivity contribution < 1.29 is 17.9 Å². The molecule has 0 fully saturated rings. The van der Waals surface area contributed by atoms with Crippen LogP contribution in [0.1, 0.15) is 5.69 Å². The normalized spacial score (nSPS) is 11.5. The third-order valence-corrected chi connectivity index (χ3v) is 3.30. The average molecular weight is 319 g/mol. The summed E-state index contributed by atoms with van der Waals surface area (Å²) in [6.45, 7) is 0. The number of pyridine rings is 1. The lowest BCUT2D eigenvalue weighted by atomic mass is 10.1. The molecule has 0 spiro atoms. The summed E-state index contributed by atoms with van der Waals surface area (Å²) in [5.41, 5.74) is 1.19. The number of benzene rings is 1. The van der Waals surface area contributed by atoms with Gasteiger partial charge in [0.15, 0.2) is 0 Å². The van der Waals surface area contributed by atoms with Crippen LogP contribution in [0, 0.1) is 0 Å². The number of halogens is 3. The van der Waals surface area contributed by atoms with Crippen molar-refractivity contribution in [1.82, 2.24) is 15.0 Å². The number of nitrogens with zero attached hydrogens (tertiary/aromatic N) is 2. The van der Waals surface area contributed by atoms with Gasteiger partial charge in [0.1, 0.15) is 17.3 Å². The van der Waals surface area contributed by atoms with E-state index in [1.807, 2.05) is 24.3 Å². The van der Waals surface area contributed by atoms with Crippen molar-refractivity contribution in [2.24, 2.45) is 0 Å². The summed E-state index contributed by atoms with van der Waals surface area (Å²) in [5, 5.41) is 0. The van der Waals surface area contributed by atoms with Crippen molar-refractivity contribution in [1.29, 1.82) is 0 Å². The molecule has 2 aromatic heterocycles. The van der Waals surface area contributed by atoms with E-state index in [4.69, 9.17) is 4.74 Å². The fraction of sp³-hybridized carbons (Fsp3) is 0.125. The number of methoxy groups -OCH3 is 1. The highest BCUT2D eigenvalue weighted by atomic mass is 19.4. The first kappa shape index (κ1) is 15.1. The van der Waals surface area contributed by atoms with Gasteiger partial charge in [-0.2, -0.15) is 13.2 Å². The Labute approximate surface area is 130 Å². The van der Waals surface area contributed by atoms with E-state index >= 15 is 0 Å². The summed E-state index contributed by atoms with van der Waals surface area (Å²) in [6.07, 6.45) is -2.19. The maximum Gasteiger partial charge on any atom is 0.432 e. The van der Waals surface area contributed by atoms with Gasteiger partial charge in [-0.25, -0.2) is 4.98 Å². The van der Waals surface area contributed by atoms with E-state index in [1.165, 1.54) is 6.20 Å². The molecule has 0 aliphatic carbocycles. The maximum absolute atomic E-state index is 12.6. The molecule has 4 nitrogen and oxygen atoms in total. The molecule has 7 heteroatoms. The first-order valence-corrected chi connectivity index (χ1v) is 6.70. The minimum Gasteiger partial charge on any atom is -0.497 e. The van der Waals surface area contributed by atoms with Gasteiger partial charge in [-0.05, 0) is 36.4 Å². The summed E-state index contributed by atoms with van der Waals surface area (Å²) in [5.74, 6) is 0.867. The molecule has 0 saturated carbocycles. The third-order valence-electron chi connectivity index (χ3n) is 3.30. The van der Waals surface area contributed by atoms with E-state index in [0.29, 0.717) is 11.3 Å². The first-order chi connectivity index (χ1) is 11.0. The van der Waals surface area contributed by atoms with Crippen molar-refractivity contribution in [3.63, 3.8) is 0 Å². The molecule has 0 radical (unpaired) electrons. The fourth-order valence-corrected chi connectivity index (χ4v) is 2.08. The summed E-state index contributed by atoms with van der Waals surface area (Å²) in [4.78, 5) is 10.3. The van der Waals surface area contributed by atoms with Gasteiger partial charge in [0.2, 0.25) is 0 Å². The van der Waals surface area contributed by atoms with Crippen LogP contribution in [0.2, 0.25) is 0 Å². The van der Waals surface area contributed by atoms with E-state index in [0.717, 1.165) is 17.5 Å². The van der Waals surface area contributed by atoms with Gasteiger partial charge in [0, 0.05) is 17.3 Å². The standard InChI is InChI=1S/C16H12F3N3O/c1-23-12-5-2-10(3-6-12)13-7-4-11(8-20-13)15-21-9-14(22-15)16(17,18)19/h2-9H,1H3,(H,21,22). The van der Waals surface area contributed by atoms with Crippen LogP contribution in [-0.2, 0) is 6.18 Å². The molecule has 0 atom stereocenters. The number of hydrogen-bond donors (Lipinski definition) is 1. The van der Waals surface area contributed by atoms with Gasteiger partial charge < -0.3 is 9.72 Å². The molecule has 0 bridgehead atoms. The minimum absolute atomic E-state index is 0.131. The van der Waals surface area contributed by atoms with Crippen molar-refractivity contribution in [3.8, 4) is 28.4 Å². The Kier molecular flexibility index (Phi) is 3.77. The molecule has 0 unspecified atom stereocenters. The topological polar surface area (TPSA) is 50.8 Å². The van der Waals surface area contributed by atoms with Crippen molar-refractivity contribution in [3.05, 3.63) is 54.5 Å². The van der Waals surface area contributed by atoms with Crippen LogP contribution < -0.4 is 4.74 Å². The molecular formula is C16H12F3N3O. The highest BCUT2D eigenvalue weighted by Crippen LogP contribution is 2.29. The van der Waals surface area contributed by atoms with Crippen LogP contribution in [0.25, 0.3) is 22.6 Å². The summed E-state index contributed by atoms with van der Waals surface area (Å²) < 4.78 is 42.8. The number of nitrogens with one attached hydrogen (secondary N) is 1. The average Bonchev–Trinajstić information content (AvgIpc) is 3.05. The second kappa shape index (κ2) is 5.75. The smallest absolute Gasteiger partial charge is 0.432 e. The number of rotatable bonds is 3. The Morgan fingerprint density at radius 2 is 1.61 bits per heavy atom. The minimum atomic E-state index is -4.44. The predicted molar refractivity (Wildman–Crippen MR) is 78.8 cm³/mol. The number of ether oxygens (including phenoxy) is 1. The van der Waals surface area contributed by atoms with Crippen LogP contribution in [0.4, 0.5) is 13.2 Å². The van der Waals surface area contributed by atoms with E-state index in [-0.39, 0.29) is 5.82 Å². The predicted octanol–water partition coefficient (Wildman–Crippen LogP) is 4.17. The maximum atomic E-state index is 12.6. The third kappa shape index (κ3) is 3.18. The van der Waals surface area contributed by atoms with E-state index in [1.54, 1.807) is 19.2 Å². The van der Waals surface area contributed by atoms with Gasteiger partial charge >= 0.3 is 6.18 Å². The molecule has 1 N–H and O–H groups in total. The lowest BCUT2D eigenvalue weighted by molar-refractivity contribution is -0.140. The summed E-state index contributed by atoms with van der Waals surface area (Å²) >= 11 is 0. The summed E-state index contributed by atoms with van der Waals surface area (Å²) in [6, 6.07) is 10.7. The zero-order valence-electron chi connectivity index (χ0n) is 12.1.